The number of nitrogens with one attached hydrogen (secondary N) is 2. The van der Waals surface area contributed by atoms with Gasteiger partial charge >= 0.3 is 0 Å². The first kappa shape index (κ1) is 15.7. The van der Waals surface area contributed by atoms with Gasteiger partial charge in [-0.05, 0) is 72.4 Å². The lowest BCUT2D eigenvalue weighted by Gasteiger charge is -2.23. The van der Waals surface area contributed by atoms with Gasteiger partial charge in [-0.2, -0.15) is 0 Å². The van der Waals surface area contributed by atoms with Gasteiger partial charge in [0.25, 0.3) is 0 Å². The van der Waals surface area contributed by atoms with Crippen molar-refractivity contribution in [3.63, 3.8) is 0 Å². The summed E-state index contributed by atoms with van der Waals surface area (Å²) < 4.78 is 40.5. The largest absolute Gasteiger partial charge is 0.316 e. The van der Waals surface area contributed by atoms with Crippen LogP contribution in [0.5, 0.6) is 0 Å². The third-order valence-electron chi connectivity index (χ3n) is 3.39. The molecule has 7 heteroatoms. The van der Waals surface area contributed by atoms with Gasteiger partial charge in [-0.1, -0.05) is 0 Å². The Morgan fingerprint density at radius 2 is 2.25 bits per heavy atom. The maximum atomic E-state index is 13.3. The fraction of sp³-hybridized carbons (Fsp3) is 0.538. The molecule has 1 aromatic rings. The van der Waals surface area contributed by atoms with Crippen molar-refractivity contribution in [2.45, 2.75) is 19.8 Å². The average Bonchev–Trinajstić information content (AvgIpc) is 2.36. The summed E-state index contributed by atoms with van der Waals surface area (Å²) in [4.78, 5) is 0. The molecule has 1 fully saturated rings. The fourth-order valence-corrected chi connectivity index (χ4v) is 4.23. The zero-order chi connectivity index (χ0) is 14.8. The van der Waals surface area contributed by atoms with E-state index in [0.29, 0.717) is 11.3 Å². The van der Waals surface area contributed by atoms with E-state index >= 15 is 0 Å². The summed E-state index contributed by atoms with van der Waals surface area (Å²) in [5, 5.41) is 3.20. The second kappa shape index (κ2) is 6.41. The normalized spacial score (nSPS) is 19.9. The maximum absolute atomic E-state index is 13.3. The molecule has 1 aliphatic heterocycles. The number of hydrogen-bond donors (Lipinski definition) is 2. The lowest BCUT2D eigenvalue weighted by molar-refractivity contribution is 0.404. The molecule has 1 saturated heterocycles. The highest BCUT2D eigenvalue weighted by Gasteiger charge is 2.22. The molecule has 4 nitrogen and oxygen atoms in total. The molecule has 1 heterocycles. The number of halogens is 2. The summed E-state index contributed by atoms with van der Waals surface area (Å²) in [5.41, 5.74) is 0.984. The highest BCUT2D eigenvalue weighted by molar-refractivity contribution is 9.10. The predicted molar refractivity (Wildman–Crippen MR) is 81.8 cm³/mol. The Kier molecular flexibility index (Phi) is 5.04. The van der Waals surface area contributed by atoms with E-state index in [9.17, 15) is 12.8 Å². The van der Waals surface area contributed by atoms with Crippen LogP contribution in [0.3, 0.4) is 0 Å². The summed E-state index contributed by atoms with van der Waals surface area (Å²) in [6, 6.07) is 2.77. The summed E-state index contributed by atoms with van der Waals surface area (Å²) in [6.07, 6.45) is 1.92. The third-order valence-corrected chi connectivity index (χ3v) is 5.44. The van der Waals surface area contributed by atoms with Gasteiger partial charge in [0.05, 0.1) is 15.9 Å². The molecule has 2 rings (SSSR count). The first-order chi connectivity index (χ1) is 9.37. The molecule has 0 amide bonds. The van der Waals surface area contributed by atoms with Gasteiger partial charge in [-0.25, -0.2) is 12.8 Å². The Balaban J connectivity index is 2.09. The first-order valence-electron chi connectivity index (χ1n) is 6.54. The topological polar surface area (TPSA) is 58.2 Å². The van der Waals surface area contributed by atoms with E-state index in [2.05, 4.69) is 26.0 Å². The molecule has 0 spiro atoms. The molecule has 1 aliphatic rings. The van der Waals surface area contributed by atoms with E-state index < -0.39 is 15.8 Å². The number of hydrogen-bond acceptors (Lipinski definition) is 3. The van der Waals surface area contributed by atoms with E-state index in [1.807, 2.05) is 0 Å². The van der Waals surface area contributed by atoms with Crippen molar-refractivity contribution < 1.29 is 12.8 Å². The van der Waals surface area contributed by atoms with Crippen LogP contribution in [0.4, 0.5) is 10.1 Å². The molecule has 112 valence electrons. The van der Waals surface area contributed by atoms with Crippen LogP contribution in [0.15, 0.2) is 16.6 Å². The van der Waals surface area contributed by atoms with E-state index in [-0.39, 0.29) is 16.1 Å². The maximum Gasteiger partial charge on any atom is 0.233 e. The van der Waals surface area contributed by atoms with Crippen molar-refractivity contribution in [2.24, 2.45) is 5.92 Å². The Morgan fingerprint density at radius 3 is 2.90 bits per heavy atom. The smallest absolute Gasteiger partial charge is 0.233 e. The van der Waals surface area contributed by atoms with Crippen molar-refractivity contribution in [1.29, 1.82) is 0 Å². The molecule has 1 unspecified atom stereocenters. The predicted octanol–water partition coefficient (Wildman–Crippen LogP) is 2.64. The summed E-state index contributed by atoms with van der Waals surface area (Å²) >= 11 is 3.07. The molecule has 1 atom stereocenters. The lowest BCUT2D eigenvalue weighted by atomic mass is 10.0. The van der Waals surface area contributed by atoms with Crippen LogP contribution in [-0.2, 0) is 10.0 Å². The van der Waals surface area contributed by atoms with Crippen LogP contribution in [-0.4, -0.2) is 27.3 Å². The van der Waals surface area contributed by atoms with E-state index in [1.165, 1.54) is 12.1 Å². The minimum absolute atomic E-state index is 0.0917. The summed E-state index contributed by atoms with van der Waals surface area (Å²) in [6.45, 7) is 3.36. The van der Waals surface area contributed by atoms with Gasteiger partial charge in [0, 0.05) is 0 Å². The lowest BCUT2D eigenvalue weighted by Crippen LogP contribution is -2.35. The number of sulfonamides is 1. The van der Waals surface area contributed by atoms with Crippen molar-refractivity contribution in [2.75, 3.05) is 23.6 Å². The zero-order valence-corrected chi connectivity index (χ0v) is 13.7. The zero-order valence-electron chi connectivity index (χ0n) is 11.2. The molecule has 0 aromatic heterocycles. The van der Waals surface area contributed by atoms with Gasteiger partial charge in [0.1, 0.15) is 5.82 Å². The van der Waals surface area contributed by atoms with Crippen molar-refractivity contribution >= 4 is 31.6 Å². The Hall–Kier alpha value is -0.660. The van der Waals surface area contributed by atoms with Crippen molar-refractivity contribution in [1.82, 2.24) is 5.32 Å². The van der Waals surface area contributed by atoms with Gasteiger partial charge in [0.2, 0.25) is 10.0 Å². The quantitative estimate of drug-likeness (QED) is 0.863. The molecule has 0 aliphatic carbocycles. The van der Waals surface area contributed by atoms with Crippen LogP contribution in [0.2, 0.25) is 0 Å². The highest BCUT2D eigenvalue weighted by atomic mass is 79.9. The summed E-state index contributed by atoms with van der Waals surface area (Å²) in [7, 11) is -3.42. The first-order valence-corrected chi connectivity index (χ1v) is 8.99. The van der Waals surface area contributed by atoms with Crippen LogP contribution in [0.25, 0.3) is 0 Å². The minimum Gasteiger partial charge on any atom is -0.316 e. The number of piperidine rings is 1. The fourth-order valence-electron chi connectivity index (χ4n) is 2.34. The van der Waals surface area contributed by atoms with E-state index in [0.717, 1.165) is 25.9 Å². The Morgan fingerprint density at radius 1 is 1.50 bits per heavy atom. The van der Waals surface area contributed by atoms with Gasteiger partial charge in [-0.3, -0.25) is 4.72 Å². The SMILES string of the molecule is Cc1cc(F)c(Br)cc1NS(=O)(=O)CC1CCCNC1. The van der Waals surface area contributed by atoms with E-state index in [4.69, 9.17) is 0 Å². The van der Waals surface area contributed by atoms with Crippen LogP contribution in [0.1, 0.15) is 18.4 Å². The molecular weight excluding hydrogens is 347 g/mol. The number of aryl methyl sites for hydroxylation is 1. The minimum atomic E-state index is -3.42. The van der Waals surface area contributed by atoms with Crippen molar-refractivity contribution in [3.05, 3.63) is 28.0 Å². The number of anilines is 1. The molecule has 0 saturated carbocycles. The second-order valence-electron chi connectivity index (χ2n) is 5.18. The Labute approximate surface area is 127 Å². The second-order valence-corrected chi connectivity index (χ2v) is 7.80. The van der Waals surface area contributed by atoms with Gasteiger partial charge < -0.3 is 5.32 Å². The van der Waals surface area contributed by atoms with Crippen LogP contribution >= 0.6 is 15.9 Å². The molecule has 1 aromatic carbocycles. The molecule has 20 heavy (non-hydrogen) atoms. The van der Waals surface area contributed by atoms with Gasteiger partial charge in [-0.15, -0.1) is 0 Å². The molecular formula is C13H18BrFN2O2S. The average molecular weight is 365 g/mol. The van der Waals surface area contributed by atoms with Crippen LogP contribution in [0, 0.1) is 18.7 Å². The Bertz CT molecular complexity index is 586. The third kappa shape index (κ3) is 4.17. The molecule has 0 radical (unpaired) electrons. The van der Waals surface area contributed by atoms with Crippen molar-refractivity contribution in [3.8, 4) is 0 Å². The van der Waals surface area contributed by atoms with E-state index in [1.54, 1.807) is 6.92 Å². The van der Waals surface area contributed by atoms with Crippen LogP contribution < -0.4 is 10.0 Å². The molecule has 2 N–H and O–H groups in total. The summed E-state index contributed by atoms with van der Waals surface area (Å²) in [5.74, 6) is -0.179. The standard InChI is InChI=1S/C13H18BrFN2O2S/c1-9-5-12(15)11(14)6-13(9)17-20(18,19)8-10-3-2-4-16-7-10/h5-6,10,16-17H,2-4,7-8H2,1H3. The molecule has 0 bridgehead atoms. The number of benzene rings is 1. The monoisotopic (exact) mass is 364 g/mol. The number of rotatable bonds is 4. The highest BCUT2D eigenvalue weighted by Crippen LogP contribution is 2.25. The van der Waals surface area contributed by atoms with Gasteiger partial charge in [0.15, 0.2) is 0 Å².